The minimum absolute atomic E-state index is 0.227. The third-order valence-electron chi connectivity index (χ3n) is 5.11. The molecule has 1 heterocycles. The van der Waals surface area contributed by atoms with Gasteiger partial charge in [-0.2, -0.15) is 0 Å². The van der Waals surface area contributed by atoms with Crippen LogP contribution in [0.5, 0.6) is 11.5 Å². The van der Waals surface area contributed by atoms with E-state index in [9.17, 15) is 14.4 Å². The third-order valence-corrected chi connectivity index (χ3v) is 6.27. The second-order valence-corrected chi connectivity index (χ2v) is 9.17. The molecule has 1 N–H and O–H groups in total. The van der Waals surface area contributed by atoms with E-state index >= 15 is 0 Å². The van der Waals surface area contributed by atoms with E-state index in [0.717, 1.165) is 22.2 Å². The highest BCUT2D eigenvalue weighted by Crippen LogP contribution is 2.35. The molecule has 0 saturated carbocycles. The van der Waals surface area contributed by atoms with Crippen LogP contribution in [-0.2, 0) is 16.2 Å². The predicted octanol–water partition coefficient (Wildman–Crippen LogP) is 5.99. The number of ether oxygens (including phenoxy) is 2. The van der Waals surface area contributed by atoms with Crippen LogP contribution in [0.3, 0.4) is 0 Å². The molecule has 1 aliphatic heterocycles. The standard InChI is InChI=1S/C27H23ClN2O5S/c1-2-34-23-14-19(10-13-22(23)35-17-18-8-11-20(28)12-9-18)15-24-26(32)30(27(33)36-24)16-25(31)29-21-6-4-3-5-7-21/h3-15H,2,16-17H2,1H3,(H,29,31)/b24-15-. The molecule has 7 nitrogen and oxygen atoms in total. The van der Waals surface area contributed by atoms with Crippen molar-refractivity contribution in [3.63, 3.8) is 0 Å². The zero-order chi connectivity index (χ0) is 25.5. The van der Waals surface area contributed by atoms with Gasteiger partial charge < -0.3 is 14.8 Å². The van der Waals surface area contributed by atoms with Crippen LogP contribution in [0.2, 0.25) is 5.02 Å². The minimum atomic E-state index is -0.519. The first kappa shape index (κ1) is 25.3. The van der Waals surface area contributed by atoms with Crippen molar-refractivity contribution < 1.29 is 23.9 Å². The van der Waals surface area contributed by atoms with E-state index in [1.165, 1.54) is 0 Å². The van der Waals surface area contributed by atoms with Gasteiger partial charge in [0.15, 0.2) is 11.5 Å². The molecule has 0 radical (unpaired) electrons. The van der Waals surface area contributed by atoms with Gasteiger partial charge in [-0.1, -0.05) is 48.0 Å². The second-order valence-electron chi connectivity index (χ2n) is 7.74. The monoisotopic (exact) mass is 522 g/mol. The van der Waals surface area contributed by atoms with Gasteiger partial charge in [-0.05, 0) is 72.3 Å². The number of rotatable bonds is 9. The van der Waals surface area contributed by atoms with E-state index in [1.54, 1.807) is 60.7 Å². The van der Waals surface area contributed by atoms with Crippen LogP contribution in [0, 0.1) is 0 Å². The molecule has 1 saturated heterocycles. The molecule has 184 valence electrons. The van der Waals surface area contributed by atoms with Crippen LogP contribution in [0.15, 0.2) is 77.7 Å². The van der Waals surface area contributed by atoms with Crippen molar-refractivity contribution in [2.24, 2.45) is 0 Å². The smallest absolute Gasteiger partial charge is 0.294 e. The SMILES string of the molecule is CCOc1cc(/C=C2\SC(=O)N(CC(=O)Nc3ccccc3)C2=O)ccc1OCc1ccc(Cl)cc1. The average Bonchev–Trinajstić information content (AvgIpc) is 3.12. The number of hydrogen-bond donors (Lipinski definition) is 1. The first-order valence-corrected chi connectivity index (χ1v) is 12.4. The molecule has 0 aromatic heterocycles. The maximum atomic E-state index is 12.8. The molecular weight excluding hydrogens is 500 g/mol. The summed E-state index contributed by atoms with van der Waals surface area (Å²) in [5, 5.41) is 2.83. The molecule has 3 amide bonds. The van der Waals surface area contributed by atoms with Crippen LogP contribution in [0.25, 0.3) is 6.08 Å². The van der Waals surface area contributed by atoms with E-state index in [2.05, 4.69) is 5.32 Å². The summed E-state index contributed by atoms with van der Waals surface area (Å²) in [6.07, 6.45) is 1.60. The number of nitrogens with zero attached hydrogens (tertiary/aromatic N) is 1. The Morgan fingerprint density at radius 3 is 2.47 bits per heavy atom. The number of halogens is 1. The first-order valence-electron chi connectivity index (χ1n) is 11.2. The zero-order valence-corrected chi connectivity index (χ0v) is 21.0. The van der Waals surface area contributed by atoms with E-state index < -0.39 is 17.1 Å². The lowest BCUT2D eigenvalue weighted by Crippen LogP contribution is -2.36. The van der Waals surface area contributed by atoms with Gasteiger partial charge in [-0.25, -0.2) is 0 Å². The topological polar surface area (TPSA) is 84.9 Å². The fraction of sp³-hybridized carbons (Fsp3) is 0.148. The summed E-state index contributed by atoms with van der Waals surface area (Å²) in [6.45, 7) is 2.26. The lowest BCUT2D eigenvalue weighted by Gasteiger charge is -2.13. The highest BCUT2D eigenvalue weighted by Gasteiger charge is 2.36. The molecule has 0 aliphatic carbocycles. The first-order chi connectivity index (χ1) is 17.4. The Labute approximate surface area is 218 Å². The fourth-order valence-electron chi connectivity index (χ4n) is 3.40. The van der Waals surface area contributed by atoms with Crippen LogP contribution < -0.4 is 14.8 Å². The molecule has 4 rings (SSSR count). The van der Waals surface area contributed by atoms with E-state index in [0.29, 0.717) is 41.0 Å². The summed E-state index contributed by atoms with van der Waals surface area (Å²) in [6, 6.07) is 21.5. The normalized spacial score (nSPS) is 14.3. The van der Waals surface area contributed by atoms with E-state index in [-0.39, 0.29) is 11.4 Å². The molecule has 9 heteroatoms. The van der Waals surface area contributed by atoms with Gasteiger partial charge in [0.2, 0.25) is 5.91 Å². The van der Waals surface area contributed by atoms with Gasteiger partial charge in [0.05, 0.1) is 11.5 Å². The molecule has 1 aliphatic rings. The molecule has 0 atom stereocenters. The summed E-state index contributed by atoms with van der Waals surface area (Å²) in [4.78, 5) is 38.8. The van der Waals surface area contributed by atoms with Crippen molar-refractivity contribution in [3.05, 3.63) is 93.9 Å². The van der Waals surface area contributed by atoms with Gasteiger partial charge in [-0.15, -0.1) is 0 Å². The van der Waals surface area contributed by atoms with Gasteiger partial charge in [0, 0.05) is 10.7 Å². The molecular formula is C27H23ClN2O5S. The number of nitrogens with one attached hydrogen (secondary N) is 1. The molecule has 36 heavy (non-hydrogen) atoms. The Morgan fingerprint density at radius 1 is 1.00 bits per heavy atom. The lowest BCUT2D eigenvalue weighted by molar-refractivity contribution is -0.127. The molecule has 0 unspecified atom stereocenters. The van der Waals surface area contributed by atoms with Crippen molar-refractivity contribution in [1.29, 1.82) is 0 Å². The molecule has 0 bridgehead atoms. The minimum Gasteiger partial charge on any atom is -0.490 e. The van der Waals surface area contributed by atoms with Gasteiger partial charge >= 0.3 is 0 Å². The van der Waals surface area contributed by atoms with E-state index in [4.69, 9.17) is 21.1 Å². The Kier molecular flexibility index (Phi) is 8.30. The number of amides is 3. The molecule has 3 aromatic carbocycles. The zero-order valence-electron chi connectivity index (χ0n) is 19.4. The number of imide groups is 1. The summed E-state index contributed by atoms with van der Waals surface area (Å²) in [7, 11) is 0. The Hall–Kier alpha value is -3.75. The molecule has 1 fully saturated rings. The maximum Gasteiger partial charge on any atom is 0.294 e. The van der Waals surface area contributed by atoms with Crippen LogP contribution in [0.4, 0.5) is 10.5 Å². The summed E-state index contributed by atoms with van der Waals surface area (Å²) in [5.74, 6) is 0.0936. The second kappa shape index (κ2) is 11.8. The van der Waals surface area contributed by atoms with E-state index in [1.807, 2.05) is 25.1 Å². The highest BCUT2D eigenvalue weighted by atomic mass is 35.5. The number of benzene rings is 3. The van der Waals surface area contributed by atoms with Crippen molar-refractivity contribution in [2.45, 2.75) is 13.5 Å². The Balaban J connectivity index is 1.44. The number of carbonyl (C=O) groups excluding carboxylic acids is 3. The molecule has 0 spiro atoms. The van der Waals surface area contributed by atoms with Crippen molar-refractivity contribution in [1.82, 2.24) is 4.90 Å². The lowest BCUT2D eigenvalue weighted by atomic mass is 10.1. The van der Waals surface area contributed by atoms with Crippen LogP contribution >= 0.6 is 23.4 Å². The van der Waals surface area contributed by atoms with Crippen molar-refractivity contribution in [2.75, 3.05) is 18.5 Å². The number of thioether (sulfide) groups is 1. The summed E-state index contributed by atoms with van der Waals surface area (Å²) < 4.78 is 11.7. The van der Waals surface area contributed by atoms with Gasteiger partial charge in [0.1, 0.15) is 13.2 Å². The number of anilines is 1. The number of hydrogen-bond acceptors (Lipinski definition) is 6. The quantitative estimate of drug-likeness (QED) is 0.347. The Morgan fingerprint density at radius 2 is 1.75 bits per heavy atom. The van der Waals surface area contributed by atoms with Gasteiger partial charge in [0.25, 0.3) is 11.1 Å². The largest absolute Gasteiger partial charge is 0.490 e. The fourth-order valence-corrected chi connectivity index (χ4v) is 4.36. The van der Waals surface area contributed by atoms with Crippen LogP contribution in [0.1, 0.15) is 18.1 Å². The molecule has 3 aromatic rings. The number of para-hydroxylation sites is 1. The number of carbonyl (C=O) groups is 3. The Bertz CT molecular complexity index is 1300. The summed E-state index contributed by atoms with van der Waals surface area (Å²) >= 11 is 6.73. The predicted molar refractivity (Wildman–Crippen MR) is 141 cm³/mol. The van der Waals surface area contributed by atoms with Crippen LogP contribution in [-0.4, -0.2) is 35.1 Å². The summed E-state index contributed by atoms with van der Waals surface area (Å²) in [5.41, 5.74) is 2.21. The van der Waals surface area contributed by atoms with Gasteiger partial charge in [-0.3, -0.25) is 19.3 Å². The average molecular weight is 523 g/mol. The van der Waals surface area contributed by atoms with Crippen molar-refractivity contribution in [3.8, 4) is 11.5 Å². The van der Waals surface area contributed by atoms with Crippen molar-refractivity contribution >= 4 is 52.2 Å². The highest BCUT2D eigenvalue weighted by molar-refractivity contribution is 8.18. The maximum absolute atomic E-state index is 12.8. The third kappa shape index (κ3) is 6.47.